The molecule has 1 aliphatic heterocycles. The number of rotatable bonds is 3. The molecule has 0 aromatic rings. The predicted octanol–water partition coefficient (Wildman–Crippen LogP) is 1.98. The van der Waals surface area contributed by atoms with Gasteiger partial charge in [0.25, 0.3) is 0 Å². The molecule has 0 aromatic carbocycles. The molecule has 2 fully saturated rings. The van der Waals surface area contributed by atoms with Crippen molar-refractivity contribution in [2.75, 3.05) is 19.6 Å². The molecule has 1 unspecified atom stereocenters. The molecule has 0 spiro atoms. The van der Waals surface area contributed by atoms with Crippen LogP contribution in [0.15, 0.2) is 0 Å². The predicted molar refractivity (Wildman–Crippen MR) is 67.9 cm³/mol. The van der Waals surface area contributed by atoms with Crippen LogP contribution in [0, 0.1) is 5.41 Å². The van der Waals surface area contributed by atoms with Crippen LogP contribution in [0.1, 0.15) is 51.9 Å². The zero-order valence-electron chi connectivity index (χ0n) is 11.0. The fourth-order valence-corrected chi connectivity index (χ4v) is 3.47. The third-order valence-electron chi connectivity index (χ3n) is 4.39. The highest BCUT2D eigenvalue weighted by molar-refractivity contribution is 5.60. The first-order valence-corrected chi connectivity index (χ1v) is 6.96. The number of carbonyl (C=O) groups is 1. The third-order valence-corrected chi connectivity index (χ3v) is 4.39. The number of nitrogens with zero attached hydrogens (tertiary/aromatic N) is 1. The van der Waals surface area contributed by atoms with Crippen molar-refractivity contribution in [3.05, 3.63) is 0 Å². The van der Waals surface area contributed by atoms with E-state index < -0.39 is 5.60 Å². The first-order valence-electron chi connectivity index (χ1n) is 6.96. The number of hydrogen-bond donors (Lipinski definition) is 1. The molecule has 1 atom stereocenters. The van der Waals surface area contributed by atoms with E-state index in [2.05, 4.69) is 4.90 Å². The Labute approximate surface area is 104 Å². The van der Waals surface area contributed by atoms with E-state index >= 15 is 0 Å². The summed E-state index contributed by atoms with van der Waals surface area (Å²) in [6.07, 6.45) is 8.83. The highest BCUT2D eigenvalue weighted by atomic mass is 16.3. The summed E-state index contributed by atoms with van der Waals surface area (Å²) in [5.41, 5.74) is -0.678. The van der Waals surface area contributed by atoms with Crippen LogP contribution in [-0.2, 0) is 4.79 Å². The van der Waals surface area contributed by atoms with Gasteiger partial charge in [-0.15, -0.1) is 0 Å². The van der Waals surface area contributed by atoms with E-state index in [1.165, 1.54) is 25.5 Å². The Morgan fingerprint density at radius 1 is 1.18 bits per heavy atom. The molecule has 0 aromatic heterocycles. The van der Waals surface area contributed by atoms with Crippen molar-refractivity contribution in [2.24, 2.45) is 5.41 Å². The molecule has 0 bridgehead atoms. The van der Waals surface area contributed by atoms with Gasteiger partial charge in [0.05, 0.1) is 5.60 Å². The highest BCUT2D eigenvalue weighted by Gasteiger charge is 2.37. The summed E-state index contributed by atoms with van der Waals surface area (Å²) in [7, 11) is 0. The summed E-state index contributed by atoms with van der Waals surface area (Å²) >= 11 is 0. The molecule has 0 amide bonds. The molecule has 1 N–H and O–H groups in total. The Hall–Kier alpha value is -0.410. The monoisotopic (exact) mass is 239 g/mol. The Morgan fingerprint density at radius 2 is 1.88 bits per heavy atom. The number of β-amino-alcohol motifs (C(OH)–C–C–N with tert-alkyl or cyclic N) is 1. The molecule has 0 radical (unpaired) electrons. The van der Waals surface area contributed by atoms with Gasteiger partial charge in [-0.1, -0.05) is 19.3 Å². The van der Waals surface area contributed by atoms with Crippen LogP contribution in [0.2, 0.25) is 0 Å². The van der Waals surface area contributed by atoms with Gasteiger partial charge in [0.15, 0.2) is 0 Å². The number of carbonyl (C=O) groups excluding carboxylic acids is 1. The van der Waals surface area contributed by atoms with Crippen molar-refractivity contribution in [3.8, 4) is 0 Å². The fourth-order valence-electron chi connectivity index (χ4n) is 3.47. The van der Waals surface area contributed by atoms with Crippen molar-refractivity contribution in [3.63, 3.8) is 0 Å². The second-order valence-electron chi connectivity index (χ2n) is 6.35. The number of likely N-dealkylation sites (tertiary alicyclic amines) is 1. The first-order chi connectivity index (χ1) is 8.05. The topological polar surface area (TPSA) is 40.5 Å². The summed E-state index contributed by atoms with van der Waals surface area (Å²) in [5, 5.41) is 10.1. The van der Waals surface area contributed by atoms with Crippen LogP contribution >= 0.6 is 0 Å². The highest BCUT2D eigenvalue weighted by Crippen LogP contribution is 2.36. The second-order valence-corrected chi connectivity index (χ2v) is 6.35. The molecule has 1 heterocycles. The molecule has 2 aliphatic rings. The van der Waals surface area contributed by atoms with Crippen LogP contribution in [-0.4, -0.2) is 41.5 Å². The first kappa shape index (κ1) is 13.0. The minimum atomic E-state index is -0.559. The SMILES string of the molecule is CC1(O)CCCN(CC2(C=O)CCCCC2)C1. The van der Waals surface area contributed by atoms with E-state index in [-0.39, 0.29) is 5.41 Å². The summed E-state index contributed by atoms with van der Waals surface area (Å²) in [5.74, 6) is 0. The lowest BCUT2D eigenvalue weighted by atomic mass is 9.74. The number of aldehydes is 1. The van der Waals surface area contributed by atoms with E-state index in [9.17, 15) is 9.90 Å². The number of piperidine rings is 1. The van der Waals surface area contributed by atoms with Gasteiger partial charge < -0.3 is 9.90 Å². The van der Waals surface area contributed by atoms with Gasteiger partial charge in [-0.25, -0.2) is 0 Å². The summed E-state index contributed by atoms with van der Waals surface area (Å²) in [6.45, 7) is 4.52. The maximum Gasteiger partial charge on any atom is 0.127 e. The van der Waals surface area contributed by atoms with Crippen LogP contribution < -0.4 is 0 Å². The molecular weight excluding hydrogens is 214 g/mol. The van der Waals surface area contributed by atoms with E-state index in [0.717, 1.165) is 45.3 Å². The second kappa shape index (κ2) is 5.07. The van der Waals surface area contributed by atoms with Crippen LogP contribution in [0.25, 0.3) is 0 Å². The molecule has 98 valence electrons. The van der Waals surface area contributed by atoms with Gasteiger partial charge in [-0.3, -0.25) is 4.90 Å². The molecule has 1 saturated carbocycles. The quantitative estimate of drug-likeness (QED) is 0.766. The lowest BCUT2D eigenvalue weighted by Gasteiger charge is -2.42. The van der Waals surface area contributed by atoms with Crippen LogP contribution in [0.4, 0.5) is 0 Å². The Morgan fingerprint density at radius 3 is 2.47 bits per heavy atom. The Balaban J connectivity index is 1.96. The molecule has 2 rings (SSSR count). The largest absolute Gasteiger partial charge is 0.389 e. The van der Waals surface area contributed by atoms with Crippen molar-refractivity contribution in [1.82, 2.24) is 4.90 Å². The zero-order chi connectivity index (χ0) is 12.4. The van der Waals surface area contributed by atoms with E-state index in [1.54, 1.807) is 0 Å². The van der Waals surface area contributed by atoms with E-state index in [0.29, 0.717) is 0 Å². The third kappa shape index (κ3) is 3.29. The van der Waals surface area contributed by atoms with Crippen molar-refractivity contribution in [2.45, 2.75) is 57.5 Å². The van der Waals surface area contributed by atoms with Gasteiger partial charge in [-0.2, -0.15) is 0 Å². The summed E-state index contributed by atoms with van der Waals surface area (Å²) < 4.78 is 0. The molecule has 1 aliphatic carbocycles. The van der Waals surface area contributed by atoms with E-state index in [1.807, 2.05) is 6.92 Å². The standard InChI is InChI=1S/C14H25NO2/c1-13(17)6-5-9-15(10-13)11-14(12-16)7-3-2-4-8-14/h12,17H,2-11H2,1H3. The van der Waals surface area contributed by atoms with Crippen molar-refractivity contribution < 1.29 is 9.90 Å². The van der Waals surface area contributed by atoms with Crippen LogP contribution in [0.3, 0.4) is 0 Å². The average Bonchev–Trinajstić information content (AvgIpc) is 2.29. The zero-order valence-corrected chi connectivity index (χ0v) is 11.0. The number of aliphatic hydroxyl groups is 1. The molecule has 17 heavy (non-hydrogen) atoms. The minimum Gasteiger partial charge on any atom is -0.389 e. The molecular formula is C14H25NO2. The van der Waals surface area contributed by atoms with Crippen molar-refractivity contribution >= 4 is 6.29 Å². The van der Waals surface area contributed by atoms with Gasteiger partial charge in [0, 0.05) is 18.5 Å². The normalized spacial score (nSPS) is 34.5. The maximum atomic E-state index is 11.4. The lowest BCUT2D eigenvalue weighted by Crippen LogP contribution is -2.50. The smallest absolute Gasteiger partial charge is 0.127 e. The summed E-state index contributed by atoms with van der Waals surface area (Å²) in [6, 6.07) is 0. The molecule has 3 nitrogen and oxygen atoms in total. The fraction of sp³-hybridized carbons (Fsp3) is 0.929. The lowest BCUT2D eigenvalue weighted by molar-refractivity contribution is -0.120. The van der Waals surface area contributed by atoms with Crippen LogP contribution in [0.5, 0.6) is 0 Å². The summed E-state index contributed by atoms with van der Waals surface area (Å²) in [4.78, 5) is 13.7. The molecule has 1 saturated heterocycles. The minimum absolute atomic E-state index is 0.119. The van der Waals surface area contributed by atoms with Gasteiger partial charge in [0.1, 0.15) is 6.29 Å². The number of hydrogen-bond acceptors (Lipinski definition) is 3. The maximum absolute atomic E-state index is 11.4. The average molecular weight is 239 g/mol. The molecule has 3 heteroatoms. The Kier molecular flexibility index (Phi) is 3.88. The van der Waals surface area contributed by atoms with Gasteiger partial charge in [0.2, 0.25) is 0 Å². The van der Waals surface area contributed by atoms with E-state index in [4.69, 9.17) is 0 Å². The van der Waals surface area contributed by atoms with Gasteiger partial charge >= 0.3 is 0 Å². The van der Waals surface area contributed by atoms with Gasteiger partial charge in [-0.05, 0) is 39.2 Å². The Bertz CT molecular complexity index is 269. The van der Waals surface area contributed by atoms with Crippen molar-refractivity contribution in [1.29, 1.82) is 0 Å².